The minimum absolute atomic E-state index is 0.383. The maximum Gasteiger partial charge on any atom is 0.0362 e. The third-order valence-electron chi connectivity index (χ3n) is 3.02. The molecule has 0 aromatic heterocycles. The summed E-state index contributed by atoms with van der Waals surface area (Å²) in [6.45, 7) is 4.39. The molecule has 0 fully saturated rings. The van der Waals surface area contributed by atoms with Crippen molar-refractivity contribution < 1.29 is 0 Å². The highest BCUT2D eigenvalue weighted by Gasteiger charge is 2.12. The number of rotatable bonds is 5. The van der Waals surface area contributed by atoms with E-state index < -0.39 is 0 Å². The fraction of sp³-hybridized carbons (Fsp3) is 0.294. The smallest absolute Gasteiger partial charge is 0.0362 e. The average Bonchev–Trinajstić information content (AvgIpc) is 2.40. The molecule has 0 spiro atoms. The summed E-state index contributed by atoms with van der Waals surface area (Å²) in [6.07, 6.45) is 1.03. The zero-order valence-electron chi connectivity index (χ0n) is 11.1. The molecule has 94 valence electrons. The lowest BCUT2D eigenvalue weighted by molar-refractivity contribution is 0.475. The Morgan fingerprint density at radius 2 is 1.39 bits per heavy atom. The Morgan fingerprint density at radius 1 is 0.833 bits per heavy atom. The van der Waals surface area contributed by atoms with Crippen LogP contribution in [0.2, 0.25) is 0 Å². The van der Waals surface area contributed by atoms with Crippen molar-refractivity contribution in [2.24, 2.45) is 0 Å². The predicted molar refractivity (Wildman–Crippen MR) is 77.6 cm³/mol. The first-order valence-corrected chi connectivity index (χ1v) is 6.60. The van der Waals surface area contributed by atoms with Gasteiger partial charge >= 0.3 is 0 Å². The van der Waals surface area contributed by atoms with E-state index in [0.717, 1.165) is 6.42 Å². The van der Waals surface area contributed by atoms with Crippen LogP contribution in [-0.4, -0.2) is 6.04 Å². The maximum atomic E-state index is 3.64. The molecule has 2 aromatic carbocycles. The summed E-state index contributed by atoms with van der Waals surface area (Å²) >= 11 is 0. The Balaban J connectivity index is 2.16. The van der Waals surface area contributed by atoms with Crippen molar-refractivity contribution in [1.29, 1.82) is 0 Å². The van der Waals surface area contributed by atoms with Crippen LogP contribution in [0.3, 0.4) is 0 Å². The van der Waals surface area contributed by atoms with Crippen LogP contribution in [0.1, 0.15) is 31.0 Å². The quantitative estimate of drug-likeness (QED) is 0.832. The first-order valence-electron chi connectivity index (χ1n) is 6.60. The van der Waals surface area contributed by atoms with Crippen molar-refractivity contribution >= 4 is 0 Å². The topological polar surface area (TPSA) is 12.0 Å². The Bertz CT molecular complexity index is 448. The van der Waals surface area contributed by atoms with Crippen molar-refractivity contribution in [1.82, 2.24) is 5.32 Å². The largest absolute Gasteiger partial charge is 0.307 e. The van der Waals surface area contributed by atoms with Gasteiger partial charge in [-0.05, 0) is 17.5 Å². The molecule has 18 heavy (non-hydrogen) atoms. The van der Waals surface area contributed by atoms with Crippen LogP contribution < -0.4 is 5.32 Å². The van der Waals surface area contributed by atoms with Crippen LogP contribution in [-0.2, 0) is 6.42 Å². The van der Waals surface area contributed by atoms with E-state index in [2.05, 4.69) is 79.8 Å². The molecular weight excluding hydrogens is 218 g/mol. The van der Waals surface area contributed by atoms with E-state index in [4.69, 9.17) is 0 Å². The van der Waals surface area contributed by atoms with Gasteiger partial charge in [-0.1, -0.05) is 74.5 Å². The maximum absolute atomic E-state index is 3.64. The molecule has 0 heterocycles. The van der Waals surface area contributed by atoms with Gasteiger partial charge in [0.1, 0.15) is 0 Å². The highest BCUT2D eigenvalue weighted by Crippen LogP contribution is 2.18. The molecule has 0 radical (unpaired) electrons. The molecule has 2 aromatic rings. The summed E-state index contributed by atoms with van der Waals surface area (Å²) in [4.78, 5) is 0. The second-order valence-electron chi connectivity index (χ2n) is 4.97. The first-order chi connectivity index (χ1) is 8.75. The standard InChI is InChI=1S/C17H21N/c1-14(2)18-17(16-11-7-4-8-12-16)13-15-9-5-3-6-10-15/h3-12,14,17-18H,13H2,1-2H3/t17-/m0/s1. The molecule has 0 aliphatic heterocycles. The zero-order chi connectivity index (χ0) is 12.8. The molecule has 0 aliphatic carbocycles. The van der Waals surface area contributed by atoms with Gasteiger partial charge in [0.05, 0.1) is 0 Å². The fourth-order valence-corrected chi connectivity index (χ4v) is 2.21. The highest BCUT2D eigenvalue weighted by atomic mass is 14.9. The average molecular weight is 239 g/mol. The molecule has 0 bridgehead atoms. The second-order valence-corrected chi connectivity index (χ2v) is 4.97. The second kappa shape index (κ2) is 6.36. The lowest BCUT2D eigenvalue weighted by atomic mass is 9.98. The Hall–Kier alpha value is -1.60. The SMILES string of the molecule is CC(C)N[C@@H](Cc1ccccc1)c1ccccc1. The van der Waals surface area contributed by atoms with Crippen LogP contribution in [0.5, 0.6) is 0 Å². The summed E-state index contributed by atoms with van der Waals surface area (Å²) in [6, 6.07) is 22.2. The molecule has 1 N–H and O–H groups in total. The van der Waals surface area contributed by atoms with Crippen molar-refractivity contribution in [2.75, 3.05) is 0 Å². The lowest BCUT2D eigenvalue weighted by Gasteiger charge is -2.22. The molecule has 0 amide bonds. The van der Waals surface area contributed by atoms with Gasteiger partial charge in [0.25, 0.3) is 0 Å². The van der Waals surface area contributed by atoms with Crippen LogP contribution >= 0.6 is 0 Å². The highest BCUT2D eigenvalue weighted by molar-refractivity contribution is 5.23. The molecule has 0 saturated heterocycles. The summed E-state index contributed by atoms with van der Waals surface area (Å²) < 4.78 is 0. The van der Waals surface area contributed by atoms with Gasteiger partial charge in [0.2, 0.25) is 0 Å². The molecule has 1 atom stereocenters. The van der Waals surface area contributed by atoms with Gasteiger partial charge in [-0.15, -0.1) is 0 Å². The van der Waals surface area contributed by atoms with Gasteiger partial charge in [0, 0.05) is 12.1 Å². The van der Waals surface area contributed by atoms with E-state index in [9.17, 15) is 0 Å². The van der Waals surface area contributed by atoms with E-state index in [-0.39, 0.29) is 0 Å². The number of hydrogen-bond donors (Lipinski definition) is 1. The third kappa shape index (κ3) is 3.71. The van der Waals surface area contributed by atoms with Gasteiger partial charge in [-0.25, -0.2) is 0 Å². The van der Waals surface area contributed by atoms with Crippen LogP contribution in [0, 0.1) is 0 Å². The Labute approximate surface area is 110 Å². The normalized spacial score (nSPS) is 12.6. The number of nitrogens with one attached hydrogen (secondary N) is 1. The fourth-order valence-electron chi connectivity index (χ4n) is 2.21. The van der Waals surface area contributed by atoms with Crippen molar-refractivity contribution in [2.45, 2.75) is 32.4 Å². The zero-order valence-corrected chi connectivity index (χ0v) is 11.1. The Morgan fingerprint density at radius 3 is 1.94 bits per heavy atom. The van der Waals surface area contributed by atoms with Crippen molar-refractivity contribution in [3.05, 3.63) is 71.8 Å². The molecule has 1 heteroatoms. The van der Waals surface area contributed by atoms with Crippen LogP contribution in [0.25, 0.3) is 0 Å². The van der Waals surface area contributed by atoms with Gasteiger partial charge in [-0.3, -0.25) is 0 Å². The molecule has 2 rings (SSSR count). The number of hydrogen-bond acceptors (Lipinski definition) is 1. The minimum Gasteiger partial charge on any atom is -0.307 e. The van der Waals surface area contributed by atoms with Crippen molar-refractivity contribution in [3.63, 3.8) is 0 Å². The molecule has 0 aliphatic rings. The van der Waals surface area contributed by atoms with Gasteiger partial charge in [0.15, 0.2) is 0 Å². The number of benzene rings is 2. The van der Waals surface area contributed by atoms with Crippen molar-refractivity contribution in [3.8, 4) is 0 Å². The summed E-state index contributed by atoms with van der Waals surface area (Å²) in [5.74, 6) is 0. The third-order valence-corrected chi connectivity index (χ3v) is 3.02. The van der Waals surface area contributed by atoms with E-state index in [0.29, 0.717) is 12.1 Å². The summed E-state index contributed by atoms with van der Waals surface area (Å²) in [5.41, 5.74) is 2.73. The Kier molecular flexibility index (Phi) is 4.54. The van der Waals surface area contributed by atoms with E-state index >= 15 is 0 Å². The predicted octanol–water partition coefficient (Wildman–Crippen LogP) is 3.97. The minimum atomic E-state index is 0.383. The van der Waals surface area contributed by atoms with Gasteiger partial charge in [-0.2, -0.15) is 0 Å². The molecule has 1 nitrogen and oxygen atoms in total. The monoisotopic (exact) mass is 239 g/mol. The first kappa shape index (κ1) is 12.8. The molecular formula is C17H21N. The van der Waals surface area contributed by atoms with E-state index in [1.54, 1.807) is 0 Å². The summed E-state index contributed by atoms with van der Waals surface area (Å²) in [7, 11) is 0. The van der Waals surface area contributed by atoms with E-state index in [1.807, 2.05) is 0 Å². The molecule has 0 saturated carbocycles. The summed E-state index contributed by atoms with van der Waals surface area (Å²) in [5, 5.41) is 3.64. The molecule has 0 unspecified atom stereocenters. The van der Waals surface area contributed by atoms with Crippen LogP contribution in [0.4, 0.5) is 0 Å². The van der Waals surface area contributed by atoms with E-state index in [1.165, 1.54) is 11.1 Å². The van der Waals surface area contributed by atoms with Crippen LogP contribution in [0.15, 0.2) is 60.7 Å². The van der Waals surface area contributed by atoms with Gasteiger partial charge < -0.3 is 5.32 Å². The lowest BCUT2D eigenvalue weighted by Crippen LogP contribution is -2.29.